The van der Waals surface area contributed by atoms with E-state index in [2.05, 4.69) is 9.97 Å². The molecule has 0 bridgehead atoms. The number of carbonyl (C=O) groups excluding carboxylic acids is 2. The van der Waals surface area contributed by atoms with Gasteiger partial charge < -0.3 is 19.7 Å². The number of amides is 1. The molecule has 2 aromatic heterocycles. The van der Waals surface area contributed by atoms with Crippen LogP contribution in [0.4, 0.5) is 0 Å². The Morgan fingerprint density at radius 2 is 1.91 bits per heavy atom. The summed E-state index contributed by atoms with van der Waals surface area (Å²) in [5.74, 6) is -0.608. The number of pyridine rings is 1. The van der Waals surface area contributed by atoms with Gasteiger partial charge in [0, 0.05) is 36.3 Å². The largest absolute Gasteiger partial charge is 0.503 e. The highest BCUT2D eigenvalue weighted by Gasteiger charge is 2.43. The molecule has 1 amide bonds. The summed E-state index contributed by atoms with van der Waals surface area (Å²) in [6, 6.07) is 19.7. The lowest BCUT2D eigenvalue weighted by Crippen LogP contribution is -2.33. The topological polar surface area (TPSA) is 95.5 Å². The van der Waals surface area contributed by atoms with Crippen molar-refractivity contribution < 1.29 is 19.4 Å². The van der Waals surface area contributed by atoms with Crippen LogP contribution in [0.15, 0.2) is 90.5 Å². The van der Waals surface area contributed by atoms with Gasteiger partial charge in [-0.2, -0.15) is 0 Å². The molecule has 0 saturated carbocycles. The minimum atomic E-state index is -0.750. The Kier molecular flexibility index (Phi) is 6.06. The number of rotatable bonds is 8. The van der Waals surface area contributed by atoms with Gasteiger partial charge in [0.25, 0.3) is 5.91 Å². The van der Waals surface area contributed by atoms with Crippen molar-refractivity contribution in [3.63, 3.8) is 0 Å². The summed E-state index contributed by atoms with van der Waals surface area (Å²) in [5, 5.41) is 11.8. The van der Waals surface area contributed by atoms with Crippen molar-refractivity contribution in [1.82, 2.24) is 14.9 Å². The molecule has 1 aliphatic rings. The van der Waals surface area contributed by atoms with Crippen LogP contribution in [0.2, 0.25) is 0 Å². The smallest absolute Gasteiger partial charge is 0.290 e. The number of aliphatic hydroxyl groups excluding tert-OH is 1. The van der Waals surface area contributed by atoms with Crippen molar-refractivity contribution in [2.45, 2.75) is 18.9 Å². The Morgan fingerprint density at radius 3 is 2.66 bits per heavy atom. The number of methoxy groups -OCH3 is 1. The maximum Gasteiger partial charge on any atom is 0.290 e. The van der Waals surface area contributed by atoms with E-state index in [1.807, 2.05) is 60.8 Å². The van der Waals surface area contributed by atoms with Gasteiger partial charge in [-0.05, 0) is 47.9 Å². The molecule has 2 aromatic carbocycles. The van der Waals surface area contributed by atoms with E-state index in [1.54, 1.807) is 25.4 Å². The molecule has 2 N–H and O–H groups in total. The van der Waals surface area contributed by atoms with Gasteiger partial charge in [0.1, 0.15) is 11.8 Å². The lowest BCUT2D eigenvalue weighted by molar-refractivity contribution is -0.129. The number of ketones is 1. The van der Waals surface area contributed by atoms with Crippen LogP contribution in [-0.2, 0) is 22.4 Å². The Bertz CT molecular complexity index is 1410. The minimum Gasteiger partial charge on any atom is -0.503 e. The fraction of sp³-hybridized carbons (Fsp3) is 0.179. The molecule has 4 aromatic rings. The van der Waals surface area contributed by atoms with E-state index in [-0.39, 0.29) is 17.8 Å². The quantitative estimate of drug-likeness (QED) is 0.402. The molecule has 1 aliphatic heterocycles. The van der Waals surface area contributed by atoms with E-state index >= 15 is 0 Å². The molecule has 176 valence electrons. The first-order valence-electron chi connectivity index (χ1n) is 11.4. The average Bonchev–Trinajstić information content (AvgIpc) is 3.41. The second-order valence-electron chi connectivity index (χ2n) is 8.48. The molecule has 0 radical (unpaired) electrons. The van der Waals surface area contributed by atoms with Crippen molar-refractivity contribution >= 4 is 22.6 Å². The zero-order chi connectivity index (χ0) is 24.4. The second kappa shape index (κ2) is 9.46. The minimum absolute atomic E-state index is 0.0902. The van der Waals surface area contributed by atoms with E-state index in [1.165, 1.54) is 4.90 Å². The molecule has 3 heterocycles. The van der Waals surface area contributed by atoms with Crippen molar-refractivity contribution in [2.24, 2.45) is 0 Å². The Hall–Kier alpha value is -4.39. The third kappa shape index (κ3) is 4.28. The van der Waals surface area contributed by atoms with Crippen molar-refractivity contribution in [3.8, 4) is 5.75 Å². The molecular formula is C28H25N3O4. The summed E-state index contributed by atoms with van der Waals surface area (Å²) in [6.07, 6.45) is 4.15. The average molecular weight is 468 g/mol. The Morgan fingerprint density at radius 1 is 1.11 bits per heavy atom. The number of hydrogen-bond acceptors (Lipinski definition) is 5. The zero-order valence-corrected chi connectivity index (χ0v) is 19.3. The van der Waals surface area contributed by atoms with Crippen molar-refractivity contribution in [2.75, 3.05) is 13.7 Å². The lowest BCUT2D eigenvalue weighted by atomic mass is 9.95. The molecule has 1 atom stereocenters. The molecule has 35 heavy (non-hydrogen) atoms. The standard InChI is InChI=1S/C28H25N3O4/c1-35-20-10-11-22-21(16-20)19(17-30-22)12-14-31-26(23-9-5-6-13-29-23)25(27(33)28(31)34)24(32)15-18-7-3-2-4-8-18/h2-11,13,16-17,26,30,33H,12,14-15H2,1H3. The van der Waals surface area contributed by atoms with Gasteiger partial charge in [0.05, 0.1) is 18.4 Å². The third-order valence-electron chi connectivity index (χ3n) is 6.38. The molecule has 7 heteroatoms. The predicted octanol–water partition coefficient (Wildman–Crippen LogP) is 4.32. The van der Waals surface area contributed by atoms with E-state index in [0.717, 1.165) is 27.8 Å². The summed E-state index contributed by atoms with van der Waals surface area (Å²) in [6.45, 7) is 0.302. The highest BCUT2D eigenvalue weighted by molar-refractivity contribution is 6.09. The molecular weight excluding hydrogens is 442 g/mol. The number of carbonyl (C=O) groups is 2. The highest BCUT2D eigenvalue weighted by Crippen LogP contribution is 2.37. The number of ether oxygens (including phenoxy) is 1. The number of Topliss-reactive ketones (excluding diaryl/α,β-unsaturated/α-hetero) is 1. The number of nitrogens with zero attached hydrogens (tertiary/aromatic N) is 2. The first kappa shape index (κ1) is 22.4. The van der Waals surface area contributed by atoms with Crippen LogP contribution in [0.3, 0.4) is 0 Å². The monoisotopic (exact) mass is 467 g/mol. The van der Waals surface area contributed by atoms with Crippen LogP contribution in [0, 0.1) is 0 Å². The molecule has 7 nitrogen and oxygen atoms in total. The van der Waals surface area contributed by atoms with Gasteiger partial charge in [0.15, 0.2) is 11.5 Å². The number of benzene rings is 2. The molecule has 0 spiro atoms. The molecule has 5 rings (SSSR count). The number of nitrogens with one attached hydrogen (secondary N) is 1. The first-order valence-corrected chi connectivity index (χ1v) is 11.4. The molecule has 0 fully saturated rings. The molecule has 0 saturated heterocycles. The number of aliphatic hydroxyl groups is 1. The number of fused-ring (bicyclic) bond motifs is 1. The maximum absolute atomic E-state index is 13.3. The van der Waals surface area contributed by atoms with Gasteiger partial charge in [-0.25, -0.2) is 0 Å². The van der Waals surface area contributed by atoms with Crippen LogP contribution in [0.1, 0.15) is 22.9 Å². The van der Waals surface area contributed by atoms with Crippen LogP contribution >= 0.6 is 0 Å². The van der Waals surface area contributed by atoms with Gasteiger partial charge in [-0.3, -0.25) is 14.6 Å². The highest BCUT2D eigenvalue weighted by atomic mass is 16.5. The van der Waals surface area contributed by atoms with Gasteiger partial charge in [-0.15, -0.1) is 0 Å². The number of aromatic nitrogens is 2. The summed E-state index contributed by atoms with van der Waals surface area (Å²) in [4.78, 5) is 35.7. The molecule has 0 aliphatic carbocycles. The summed E-state index contributed by atoms with van der Waals surface area (Å²) in [5.41, 5.74) is 3.43. The van der Waals surface area contributed by atoms with Crippen LogP contribution in [-0.4, -0.2) is 45.3 Å². The lowest BCUT2D eigenvalue weighted by Gasteiger charge is -2.26. The number of aromatic amines is 1. The summed E-state index contributed by atoms with van der Waals surface area (Å²) < 4.78 is 5.36. The first-order chi connectivity index (χ1) is 17.1. The van der Waals surface area contributed by atoms with E-state index in [0.29, 0.717) is 18.7 Å². The number of hydrogen-bond donors (Lipinski definition) is 2. The summed E-state index contributed by atoms with van der Waals surface area (Å²) in [7, 11) is 1.62. The van der Waals surface area contributed by atoms with Crippen LogP contribution in [0.5, 0.6) is 5.75 Å². The third-order valence-corrected chi connectivity index (χ3v) is 6.38. The van der Waals surface area contributed by atoms with Gasteiger partial charge in [-0.1, -0.05) is 36.4 Å². The van der Waals surface area contributed by atoms with E-state index in [9.17, 15) is 14.7 Å². The fourth-order valence-corrected chi connectivity index (χ4v) is 4.62. The van der Waals surface area contributed by atoms with Crippen molar-refractivity contribution in [1.29, 1.82) is 0 Å². The Labute approximate surface area is 202 Å². The summed E-state index contributed by atoms with van der Waals surface area (Å²) >= 11 is 0. The van der Waals surface area contributed by atoms with E-state index < -0.39 is 17.7 Å². The maximum atomic E-state index is 13.3. The van der Waals surface area contributed by atoms with E-state index in [4.69, 9.17) is 4.74 Å². The normalized spacial score (nSPS) is 15.7. The second-order valence-corrected chi connectivity index (χ2v) is 8.48. The van der Waals surface area contributed by atoms with Crippen molar-refractivity contribution in [3.05, 3.63) is 107 Å². The SMILES string of the molecule is COc1ccc2[nH]cc(CCN3C(=O)C(O)=C(C(=O)Cc4ccccc4)C3c3ccccn3)c2c1. The zero-order valence-electron chi connectivity index (χ0n) is 19.3. The van der Waals surface area contributed by atoms with Gasteiger partial charge >= 0.3 is 0 Å². The fourth-order valence-electron chi connectivity index (χ4n) is 4.62. The Balaban J connectivity index is 1.45. The molecule has 1 unspecified atom stereocenters. The van der Waals surface area contributed by atoms with Crippen LogP contribution < -0.4 is 4.74 Å². The van der Waals surface area contributed by atoms with Crippen LogP contribution in [0.25, 0.3) is 10.9 Å². The predicted molar refractivity (Wildman–Crippen MR) is 132 cm³/mol. The number of H-pyrrole nitrogens is 1. The van der Waals surface area contributed by atoms with Gasteiger partial charge in [0.2, 0.25) is 0 Å².